The first kappa shape index (κ1) is 13.9. The molecule has 2 rings (SSSR count). The van der Waals surface area contributed by atoms with Crippen LogP contribution >= 0.6 is 22.6 Å². The van der Waals surface area contributed by atoms with Gasteiger partial charge in [0.25, 0.3) is 5.91 Å². The lowest BCUT2D eigenvalue weighted by Gasteiger charge is -2.18. The quantitative estimate of drug-likeness (QED) is 0.613. The van der Waals surface area contributed by atoms with Crippen molar-refractivity contribution in [3.8, 4) is 11.8 Å². The number of halogens is 1. The lowest BCUT2D eigenvalue weighted by Crippen LogP contribution is -2.36. The number of nitrogens with zero attached hydrogens (tertiary/aromatic N) is 1. The van der Waals surface area contributed by atoms with Crippen LogP contribution < -0.4 is 15.8 Å². The molecule has 0 spiro atoms. The van der Waals surface area contributed by atoms with E-state index in [0.29, 0.717) is 30.0 Å². The van der Waals surface area contributed by atoms with Crippen molar-refractivity contribution in [1.82, 2.24) is 5.32 Å². The first-order valence-corrected chi connectivity index (χ1v) is 7.13. The van der Waals surface area contributed by atoms with E-state index in [-0.39, 0.29) is 5.91 Å². The zero-order valence-electron chi connectivity index (χ0n) is 10.3. The van der Waals surface area contributed by atoms with Crippen LogP contribution in [0.1, 0.15) is 24.8 Å². The summed E-state index contributed by atoms with van der Waals surface area (Å²) in [6.45, 7) is 0.693. The van der Waals surface area contributed by atoms with Crippen LogP contribution in [0.5, 0.6) is 5.75 Å². The molecule has 1 aliphatic rings. The standard InChI is InChI=1S/C13H14IN3O2/c14-9-5-8(7-15)6-10(16)12(9)19-11-3-1-2-4-17-13(11)18/h5-6,11H,1-4,16H2,(H,17,18). The Morgan fingerprint density at radius 1 is 1.47 bits per heavy atom. The number of hydrogen-bond acceptors (Lipinski definition) is 4. The van der Waals surface area contributed by atoms with Crippen molar-refractivity contribution in [2.24, 2.45) is 0 Å². The summed E-state index contributed by atoms with van der Waals surface area (Å²) in [5.74, 6) is 0.388. The van der Waals surface area contributed by atoms with E-state index in [9.17, 15) is 4.79 Å². The molecule has 3 N–H and O–H groups in total. The van der Waals surface area contributed by atoms with Crippen molar-refractivity contribution < 1.29 is 9.53 Å². The van der Waals surface area contributed by atoms with Crippen molar-refractivity contribution in [1.29, 1.82) is 5.26 Å². The van der Waals surface area contributed by atoms with Crippen LogP contribution in [0, 0.1) is 14.9 Å². The van der Waals surface area contributed by atoms with Crippen LogP contribution in [0.15, 0.2) is 12.1 Å². The third-order valence-electron chi connectivity index (χ3n) is 2.95. The molecule has 0 aliphatic carbocycles. The Labute approximate surface area is 125 Å². The fourth-order valence-electron chi connectivity index (χ4n) is 1.97. The Bertz CT molecular complexity index is 516. The van der Waals surface area contributed by atoms with Crippen molar-refractivity contribution in [2.75, 3.05) is 12.3 Å². The van der Waals surface area contributed by atoms with E-state index in [1.54, 1.807) is 12.1 Å². The number of benzene rings is 1. The molecule has 19 heavy (non-hydrogen) atoms. The summed E-state index contributed by atoms with van der Waals surface area (Å²) in [5, 5.41) is 11.7. The van der Waals surface area contributed by atoms with E-state index in [1.807, 2.05) is 6.07 Å². The summed E-state index contributed by atoms with van der Waals surface area (Å²) in [4.78, 5) is 11.8. The Morgan fingerprint density at radius 2 is 2.26 bits per heavy atom. The maximum absolute atomic E-state index is 11.8. The highest BCUT2D eigenvalue weighted by Gasteiger charge is 2.24. The zero-order valence-corrected chi connectivity index (χ0v) is 12.4. The highest BCUT2D eigenvalue weighted by atomic mass is 127. The zero-order chi connectivity index (χ0) is 13.8. The lowest BCUT2D eigenvalue weighted by molar-refractivity contribution is -0.127. The lowest BCUT2D eigenvalue weighted by atomic mass is 10.1. The first-order valence-electron chi connectivity index (χ1n) is 6.05. The monoisotopic (exact) mass is 371 g/mol. The maximum atomic E-state index is 11.8. The molecule has 1 saturated heterocycles. The third-order valence-corrected chi connectivity index (χ3v) is 3.75. The van der Waals surface area contributed by atoms with Crippen molar-refractivity contribution in [3.05, 3.63) is 21.3 Å². The number of nitrogen functional groups attached to an aromatic ring is 1. The molecule has 1 fully saturated rings. The van der Waals surface area contributed by atoms with E-state index in [4.69, 9.17) is 15.7 Å². The Balaban J connectivity index is 2.23. The fourth-order valence-corrected chi connectivity index (χ4v) is 2.74. The molecule has 0 saturated carbocycles. The second-order valence-electron chi connectivity index (χ2n) is 4.38. The fraction of sp³-hybridized carbons (Fsp3) is 0.385. The predicted octanol–water partition coefficient (Wildman–Crippen LogP) is 1.79. The number of anilines is 1. The van der Waals surface area contributed by atoms with Crippen molar-refractivity contribution in [2.45, 2.75) is 25.4 Å². The minimum absolute atomic E-state index is 0.0999. The minimum Gasteiger partial charge on any atom is -0.477 e. The summed E-state index contributed by atoms with van der Waals surface area (Å²) in [6.07, 6.45) is 2.08. The van der Waals surface area contributed by atoms with Gasteiger partial charge in [-0.3, -0.25) is 4.79 Å². The number of nitriles is 1. The topological polar surface area (TPSA) is 88.1 Å². The molecule has 1 heterocycles. The molecule has 1 unspecified atom stereocenters. The molecule has 1 atom stereocenters. The van der Waals surface area contributed by atoms with Crippen LogP contribution in [-0.4, -0.2) is 18.6 Å². The second-order valence-corrected chi connectivity index (χ2v) is 5.54. The highest BCUT2D eigenvalue weighted by Crippen LogP contribution is 2.31. The van der Waals surface area contributed by atoms with Crippen LogP contribution in [-0.2, 0) is 4.79 Å². The van der Waals surface area contributed by atoms with E-state index in [2.05, 4.69) is 27.9 Å². The first-order chi connectivity index (χ1) is 9.11. The van der Waals surface area contributed by atoms with Crippen LogP contribution in [0.2, 0.25) is 0 Å². The van der Waals surface area contributed by atoms with Gasteiger partial charge in [-0.15, -0.1) is 0 Å². The van der Waals surface area contributed by atoms with Crippen molar-refractivity contribution in [3.63, 3.8) is 0 Å². The summed E-state index contributed by atoms with van der Waals surface area (Å²) in [6, 6.07) is 5.30. The molecular formula is C13H14IN3O2. The van der Waals surface area contributed by atoms with Gasteiger partial charge in [-0.2, -0.15) is 5.26 Å². The molecule has 0 bridgehead atoms. The molecule has 1 aromatic rings. The average molecular weight is 371 g/mol. The number of carbonyl (C=O) groups excluding carboxylic acids is 1. The molecule has 5 nitrogen and oxygen atoms in total. The molecule has 100 valence electrons. The van der Waals surface area contributed by atoms with Gasteiger partial charge >= 0.3 is 0 Å². The van der Waals surface area contributed by atoms with Gasteiger partial charge in [-0.1, -0.05) is 0 Å². The largest absolute Gasteiger partial charge is 0.477 e. The number of carbonyl (C=O) groups is 1. The van der Waals surface area contributed by atoms with Gasteiger partial charge < -0.3 is 15.8 Å². The number of rotatable bonds is 2. The van der Waals surface area contributed by atoms with Gasteiger partial charge in [0.1, 0.15) is 0 Å². The molecule has 0 radical (unpaired) electrons. The van der Waals surface area contributed by atoms with Gasteiger partial charge in [-0.05, 0) is 54.0 Å². The Kier molecular flexibility index (Phi) is 4.47. The molecule has 6 heteroatoms. The normalized spacial score (nSPS) is 19.2. The van der Waals surface area contributed by atoms with Crippen LogP contribution in [0.25, 0.3) is 0 Å². The molecule has 1 amide bonds. The van der Waals surface area contributed by atoms with E-state index in [1.165, 1.54) is 0 Å². The van der Waals surface area contributed by atoms with E-state index in [0.717, 1.165) is 16.4 Å². The summed E-state index contributed by atoms with van der Waals surface area (Å²) in [5.41, 5.74) is 6.76. The van der Waals surface area contributed by atoms with Crippen molar-refractivity contribution >= 4 is 34.2 Å². The minimum atomic E-state index is -0.508. The SMILES string of the molecule is N#Cc1cc(N)c(OC2CCCCNC2=O)c(I)c1. The smallest absolute Gasteiger partial charge is 0.261 e. The average Bonchev–Trinajstić information content (AvgIpc) is 2.58. The Morgan fingerprint density at radius 3 is 2.95 bits per heavy atom. The van der Waals surface area contributed by atoms with Gasteiger partial charge in [0.15, 0.2) is 11.9 Å². The van der Waals surface area contributed by atoms with Gasteiger partial charge in [0.2, 0.25) is 0 Å². The van der Waals surface area contributed by atoms with Gasteiger partial charge in [0.05, 0.1) is 20.9 Å². The summed E-state index contributed by atoms with van der Waals surface area (Å²) < 4.78 is 6.50. The molecular weight excluding hydrogens is 357 g/mol. The number of hydrogen-bond donors (Lipinski definition) is 2. The van der Waals surface area contributed by atoms with E-state index < -0.39 is 6.10 Å². The summed E-state index contributed by atoms with van der Waals surface area (Å²) in [7, 11) is 0. The number of nitrogens with one attached hydrogen (secondary N) is 1. The molecule has 1 aromatic carbocycles. The van der Waals surface area contributed by atoms with Gasteiger partial charge in [-0.25, -0.2) is 0 Å². The summed E-state index contributed by atoms with van der Waals surface area (Å²) >= 11 is 2.06. The van der Waals surface area contributed by atoms with E-state index >= 15 is 0 Å². The van der Waals surface area contributed by atoms with Crippen LogP contribution in [0.3, 0.4) is 0 Å². The number of nitrogens with two attached hydrogens (primary N) is 1. The second kappa shape index (κ2) is 6.10. The molecule has 1 aliphatic heterocycles. The van der Waals surface area contributed by atoms with Gasteiger partial charge in [0, 0.05) is 6.54 Å². The Hall–Kier alpha value is -1.49. The number of amides is 1. The molecule has 0 aromatic heterocycles. The van der Waals surface area contributed by atoms with Crippen LogP contribution in [0.4, 0.5) is 5.69 Å². The third kappa shape index (κ3) is 3.29. The highest BCUT2D eigenvalue weighted by molar-refractivity contribution is 14.1. The predicted molar refractivity (Wildman–Crippen MR) is 79.6 cm³/mol. The maximum Gasteiger partial charge on any atom is 0.261 e. The number of ether oxygens (including phenoxy) is 1.